The summed E-state index contributed by atoms with van der Waals surface area (Å²) in [6.45, 7) is 3.62. The molecule has 0 aliphatic rings. The molecule has 4 atom stereocenters. The first-order valence-corrected chi connectivity index (χ1v) is 10.8. The van der Waals surface area contributed by atoms with Crippen LogP contribution in [-0.4, -0.2) is 79.8 Å². The number of carbonyl (C=O) groups excluding carboxylic acids is 3. The molecule has 3 amide bonds. The molecule has 0 aromatic carbocycles. The minimum Gasteiger partial charge on any atom is -0.481 e. The number of aromatic amines is 1. The summed E-state index contributed by atoms with van der Waals surface area (Å²) in [4.78, 5) is 66.8. The van der Waals surface area contributed by atoms with Crippen molar-refractivity contribution in [1.82, 2.24) is 25.9 Å². The van der Waals surface area contributed by atoms with Crippen LogP contribution in [0.2, 0.25) is 0 Å². The fourth-order valence-corrected chi connectivity index (χ4v) is 3.07. The lowest BCUT2D eigenvalue weighted by atomic mass is 10.0. The maximum absolute atomic E-state index is 12.9. The monoisotopic (exact) mass is 486 g/mol. The third-order valence-electron chi connectivity index (χ3n) is 4.48. The van der Waals surface area contributed by atoms with E-state index in [4.69, 9.17) is 15.9 Å². The highest BCUT2D eigenvalue weighted by molar-refractivity contribution is 7.80. The standard InChI is InChI=1S/C19H30N6O7S/c1-9(2)3-12(23-16(28)11(20)4-10-6-21-8-22-10)17(29)24-13(5-15(26)27)18(30)25-14(7-33)19(31)32/h6,8-9,11-14,33H,3-5,7,20H2,1-2H3,(H,21,22)(H,23,28)(H,24,29)(H,25,30)(H,26,27)(H,31,32). The Bertz CT molecular complexity index is 833. The first-order valence-electron chi connectivity index (χ1n) is 10.1. The first kappa shape index (κ1) is 27.9. The van der Waals surface area contributed by atoms with E-state index in [0.717, 1.165) is 0 Å². The third kappa shape index (κ3) is 9.91. The molecule has 184 valence electrons. The molecule has 0 bridgehead atoms. The maximum atomic E-state index is 12.9. The number of amides is 3. The van der Waals surface area contributed by atoms with Crippen LogP contribution >= 0.6 is 12.6 Å². The first-order chi connectivity index (χ1) is 15.4. The number of H-pyrrole nitrogens is 1. The lowest BCUT2D eigenvalue weighted by Crippen LogP contribution is -2.58. The van der Waals surface area contributed by atoms with E-state index in [9.17, 15) is 24.0 Å². The second-order valence-electron chi connectivity index (χ2n) is 7.82. The Morgan fingerprint density at radius 1 is 1.03 bits per heavy atom. The van der Waals surface area contributed by atoms with Crippen LogP contribution in [0.1, 0.15) is 32.4 Å². The van der Waals surface area contributed by atoms with Gasteiger partial charge in [-0.2, -0.15) is 12.6 Å². The largest absolute Gasteiger partial charge is 0.481 e. The molecular formula is C19H30N6O7S. The molecule has 0 spiro atoms. The molecule has 1 heterocycles. The minimum absolute atomic E-state index is 0.0443. The van der Waals surface area contributed by atoms with Gasteiger partial charge < -0.3 is 36.9 Å². The third-order valence-corrected chi connectivity index (χ3v) is 4.85. The van der Waals surface area contributed by atoms with Gasteiger partial charge in [-0.15, -0.1) is 0 Å². The summed E-state index contributed by atoms with van der Waals surface area (Å²) in [5.74, 6) is -5.46. The molecule has 0 aliphatic carbocycles. The summed E-state index contributed by atoms with van der Waals surface area (Å²) in [5.41, 5.74) is 6.53. The molecule has 4 unspecified atom stereocenters. The number of hydrogen-bond donors (Lipinski definition) is 8. The Labute approximate surface area is 195 Å². The van der Waals surface area contributed by atoms with Crippen molar-refractivity contribution < 1.29 is 34.2 Å². The van der Waals surface area contributed by atoms with E-state index < -0.39 is 60.2 Å². The second kappa shape index (κ2) is 13.4. The van der Waals surface area contributed by atoms with Gasteiger partial charge in [0.25, 0.3) is 0 Å². The Balaban J connectivity index is 2.92. The number of nitrogens with one attached hydrogen (secondary N) is 4. The molecule has 0 fully saturated rings. The van der Waals surface area contributed by atoms with Gasteiger partial charge in [0.2, 0.25) is 17.7 Å². The smallest absolute Gasteiger partial charge is 0.327 e. The minimum atomic E-state index is -1.57. The molecule has 8 N–H and O–H groups in total. The zero-order valence-electron chi connectivity index (χ0n) is 18.3. The SMILES string of the molecule is CC(C)CC(NC(=O)C(N)Cc1cnc[nH]1)C(=O)NC(CC(=O)O)C(=O)NC(CS)C(=O)O. The van der Waals surface area contributed by atoms with E-state index >= 15 is 0 Å². The van der Waals surface area contributed by atoms with Crippen molar-refractivity contribution in [2.75, 3.05) is 5.75 Å². The van der Waals surface area contributed by atoms with Crippen molar-refractivity contribution in [3.63, 3.8) is 0 Å². The number of thiol groups is 1. The summed E-state index contributed by atoms with van der Waals surface area (Å²) < 4.78 is 0. The molecule has 1 aromatic heterocycles. The van der Waals surface area contributed by atoms with Crippen LogP contribution in [0.3, 0.4) is 0 Å². The van der Waals surface area contributed by atoms with Gasteiger partial charge in [0.15, 0.2) is 0 Å². The molecule has 14 heteroatoms. The van der Waals surface area contributed by atoms with Gasteiger partial charge in [0, 0.05) is 24.1 Å². The Kier molecular flexibility index (Phi) is 11.4. The Morgan fingerprint density at radius 2 is 1.61 bits per heavy atom. The molecule has 1 aromatic rings. The van der Waals surface area contributed by atoms with E-state index in [1.165, 1.54) is 12.5 Å². The fraction of sp³-hybridized carbons (Fsp3) is 0.579. The number of aliphatic carboxylic acids is 2. The van der Waals surface area contributed by atoms with Crippen molar-refractivity contribution in [2.24, 2.45) is 11.7 Å². The van der Waals surface area contributed by atoms with E-state index in [-0.39, 0.29) is 24.5 Å². The van der Waals surface area contributed by atoms with Crippen LogP contribution in [0.15, 0.2) is 12.5 Å². The van der Waals surface area contributed by atoms with Crippen molar-refractivity contribution in [3.8, 4) is 0 Å². The van der Waals surface area contributed by atoms with Gasteiger partial charge in [-0.05, 0) is 12.3 Å². The maximum Gasteiger partial charge on any atom is 0.327 e. The number of carboxylic acids is 2. The van der Waals surface area contributed by atoms with Crippen LogP contribution in [0.5, 0.6) is 0 Å². The highest BCUT2D eigenvalue weighted by atomic mass is 32.1. The van der Waals surface area contributed by atoms with Gasteiger partial charge in [-0.25, -0.2) is 9.78 Å². The van der Waals surface area contributed by atoms with Crippen molar-refractivity contribution in [3.05, 3.63) is 18.2 Å². The number of carbonyl (C=O) groups is 5. The molecule has 1 rings (SSSR count). The van der Waals surface area contributed by atoms with Crippen LogP contribution in [0.25, 0.3) is 0 Å². The topological polar surface area (TPSA) is 217 Å². The average Bonchev–Trinajstić information content (AvgIpc) is 3.22. The average molecular weight is 487 g/mol. The lowest BCUT2D eigenvalue weighted by molar-refractivity contribution is -0.143. The van der Waals surface area contributed by atoms with Crippen molar-refractivity contribution >= 4 is 42.3 Å². The van der Waals surface area contributed by atoms with Crippen LogP contribution in [0, 0.1) is 5.92 Å². The number of hydrogen-bond acceptors (Lipinski definition) is 8. The van der Waals surface area contributed by atoms with Gasteiger partial charge >= 0.3 is 11.9 Å². The van der Waals surface area contributed by atoms with E-state index in [2.05, 4.69) is 38.5 Å². The van der Waals surface area contributed by atoms with Crippen LogP contribution in [0.4, 0.5) is 0 Å². The van der Waals surface area contributed by atoms with Crippen molar-refractivity contribution in [2.45, 2.75) is 57.3 Å². The molecule has 0 saturated heterocycles. The summed E-state index contributed by atoms with van der Waals surface area (Å²) in [5, 5.41) is 25.1. The van der Waals surface area contributed by atoms with E-state index in [0.29, 0.717) is 5.69 Å². The summed E-state index contributed by atoms with van der Waals surface area (Å²) in [7, 11) is 0. The number of aromatic nitrogens is 2. The number of carboxylic acid groups (broad SMARTS) is 2. The molecule has 33 heavy (non-hydrogen) atoms. The number of nitrogens with zero attached hydrogens (tertiary/aromatic N) is 1. The van der Waals surface area contributed by atoms with Crippen molar-refractivity contribution in [1.29, 1.82) is 0 Å². The number of imidazole rings is 1. The second-order valence-corrected chi connectivity index (χ2v) is 8.18. The van der Waals surface area contributed by atoms with E-state index in [1.807, 2.05) is 13.8 Å². The van der Waals surface area contributed by atoms with Crippen LogP contribution < -0.4 is 21.7 Å². The molecule has 0 saturated carbocycles. The molecule has 0 radical (unpaired) electrons. The number of nitrogens with two attached hydrogens (primary N) is 1. The summed E-state index contributed by atoms with van der Waals surface area (Å²) in [6, 6.07) is -5.03. The van der Waals surface area contributed by atoms with Gasteiger partial charge in [-0.1, -0.05) is 13.8 Å². The highest BCUT2D eigenvalue weighted by Crippen LogP contribution is 2.08. The molecule has 13 nitrogen and oxygen atoms in total. The summed E-state index contributed by atoms with van der Waals surface area (Å²) >= 11 is 3.83. The zero-order chi connectivity index (χ0) is 25.1. The number of rotatable bonds is 14. The Morgan fingerprint density at radius 3 is 2.09 bits per heavy atom. The zero-order valence-corrected chi connectivity index (χ0v) is 19.2. The van der Waals surface area contributed by atoms with Gasteiger partial charge in [0.05, 0.1) is 18.8 Å². The van der Waals surface area contributed by atoms with Gasteiger partial charge in [0.1, 0.15) is 18.1 Å². The molecule has 0 aliphatic heterocycles. The summed E-state index contributed by atoms with van der Waals surface area (Å²) in [6.07, 6.45) is 2.48. The quantitative estimate of drug-likeness (QED) is 0.140. The van der Waals surface area contributed by atoms with E-state index in [1.54, 1.807) is 0 Å². The molecular weight excluding hydrogens is 456 g/mol. The lowest BCUT2D eigenvalue weighted by Gasteiger charge is -2.25. The Hall–Kier alpha value is -3.13. The predicted octanol–water partition coefficient (Wildman–Crippen LogP) is -1.73. The normalized spacial score (nSPS) is 14.6. The highest BCUT2D eigenvalue weighted by Gasteiger charge is 2.31. The fourth-order valence-electron chi connectivity index (χ4n) is 2.82. The van der Waals surface area contributed by atoms with Crippen LogP contribution in [-0.2, 0) is 30.4 Å². The predicted molar refractivity (Wildman–Crippen MR) is 119 cm³/mol. The van der Waals surface area contributed by atoms with Gasteiger partial charge in [-0.3, -0.25) is 19.2 Å².